The van der Waals surface area contributed by atoms with Gasteiger partial charge in [0.25, 0.3) is 5.91 Å². The van der Waals surface area contributed by atoms with Gasteiger partial charge in [0.2, 0.25) is 0 Å². The minimum atomic E-state index is 0.00792. The molecule has 2 heteroatoms. The lowest BCUT2D eigenvalue weighted by Gasteiger charge is -2.16. The van der Waals surface area contributed by atoms with Gasteiger partial charge in [0.05, 0.1) is 5.56 Å². The van der Waals surface area contributed by atoms with Crippen LogP contribution in [0.3, 0.4) is 0 Å². The van der Waals surface area contributed by atoms with E-state index in [1.54, 1.807) is 17.0 Å². The van der Waals surface area contributed by atoms with Crippen LogP contribution in [-0.4, -0.2) is 23.9 Å². The average Bonchev–Trinajstić information content (AvgIpc) is 2.81. The van der Waals surface area contributed by atoms with Crippen molar-refractivity contribution in [1.29, 1.82) is 0 Å². The van der Waals surface area contributed by atoms with Crippen LogP contribution >= 0.6 is 0 Å². The van der Waals surface area contributed by atoms with Crippen LogP contribution in [0.4, 0.5) is 0 Å². The Bertz CT molecular complexity index is 446. The fraction of sp³-hybridized carbons (Fsp3) is 0.154. The molecule has 0 radical (unpaired) electrons. The van der Waals surface area contributed by atoms with Gasteiger partial charge in [0.1, 0.15) is 0 Å². The van der Waals surface area contributed by atoms with Gasteiger partial charge in [-0.15, -0.1) is 6.42 Å². The molecule has 0 unspecified atom stereocenters. The molecular formula is C13H11NO. The van der Waals surface area contributed by atoms with Crippen LogP contribution in [0.25, 0.3) is 0 Å². The van der Waals surface area contributed by atoms with Crippen molar-refractivity contribution in [1.82, 2.24) is 4.90 Å². The van der Waals surface area contributed by atoms with E-state index in [4.69, 9.17) is 6.42 Å². The number of rotatable bonds is 1. The summed E-state index contributed by atoms with van der Waals surface area (Å²) in [6.45, 7) is 1.36. The Kier molecular flexibility index (Phi) is 2.55. The van der Waals surface area contributed by atoms with Gasteiger partial charge < -0.3 is 4.90 Å². The van der Waals surface area contributed by atoms with Gasteiger partial charge in [-0.3, -0.25) is 4.79 Å². The first-order valence-electron chi connectivity index (χ1n) is 4.83. The number of terminal acetylenes is 1. The summed E-state index contributed by atoms with van der Waals surface area (Å²) in [4.78, 5) is 13.8. The van der Waals surface area contributed by atoms with Gasteiger partial charge in [-0.25, -0.2) is 0 Å². The van der Waals surface area contributed by atoms with Gasteiger partial charge in [0.15, 0.2) is 0 Å². The molecule has 1 aromatic rings. The van der Waals surface area contributed by atoms with Crippen molar-refractivity contribution >= 4 is 5.91 Å². The second kappa shape index (κ2) is 4.02. The normalized spacial score (nSPS) is 13.9. The van der Waals surface area contributed by atoms with Crippen LogP contribution in [0.5, 0.6) is 0 Å². The second-order valence-electron chi connectivity index (χ2n) is 3.37. The van der Waals surface area contributed by atoms with E-state index in [2.05, 4.69) is 5.92 Å². The highest BCUT2D eigenvalue weighted by molar-refractivity contribution is 5.97. The molecule has 0 saturated carbocycles. The van der Waals surface area contributed by atoms with E-state index in [1.165, 1.54) is 0 Å². The van der Waals surface area contributed by atoms with Crippen molar-refractivity contribution in [3.63, 3.8) is 0 Å². The monoisotopic (exact) mass is 197 g/mol. The first-order chi connectivity index (χ1) is 7.33. The molecule has 1 aliphatic heterocycles. The van der Waals surface area contributed by atoms with Crippen molar-refractivity contribution in [3.8, 4) is 12.3 Å². The Morgan fingerprint density at radius 2 is 1.93 bits per heavy atom. The highest BCUT2D eigenvalue weighted by atomic mass is 16.2. The zero-order valence-electron chi connectivity index (χ0n) is 8.31. The third-order valence-corrected chi connectivity index (χ3v) is 2.42. The zero-order valence-corrected chi connectivity index (χ0v) is 8.31. The number of hydrogen-bond acceptors (Lipinski definition) is 1. The summed E-state index contributed by atoms with van der Waals surface area (Å²) in [7, 11) is 0. The first kappa shape index (κ1) is 9.54. The molecule has 0 saturated heterocycles. The van der Waals surface area contributed by atoms with Crippen LogP contribution < -0.4 is 0 Å². The maximum absolute atomic E-state index is 12.0. The van der Waals surface area contributed by atoms with E-state index in [0.29, 0.717) is 24.2 Å². The molecule has 1 amide bonds. The molecule has 0 bridgehead atoms. The summed E-state index contributed by atoms with van der Waals surface area (Å²) >= 11 is 0. The minimum absolute atomic E-state index is 0.00792. The van der Waals surface area contributed by atoms with E-state index >= 15 is 0 Å². The number of benzene rings is 1. The van der Waals surface area contributed by atoms with Crippen LogP contribution in [0.1, 0.15) is 15.9 Å². The Labute approximate surface area is 89.2 Å². The molecule has 0 aliphatic carbocycles. The summed E-state index contributed by atoms with van der Waals surface area (Å²) in [6, 6.07) is 7.23. The maximum Gasteiger partial charge on any atom is 0.255 e. The van der Waals surface area contributed by atoms with Gasteiger partial charge in [-0.2, -0.15) is 0 Å². The predicted molar refractivity (Wildman–Crippen MR) is 59.4 cm³/mol. The lowest BCUT2D eigenvalue weighted by molar-refractivity contribution is 0.0800. The van der Waals surface area contributed by atoms with Crippen LogP contribution in [0.2, 0.25) is 0 Å². The zero-order chi connectivity index (χ0) is 10.7. The lowest BCUT2D eigenvalue weighted by Crippen LogP contribution is -2.28. The molecule has 1 heterocycles. The van der Waals surface area contributed by atoms with Crippen molar-refractivity contribution in [2.45, 2.75) is 0 Å². The van der Waals surface area contributed by atoms with Gasteiger partial charge in [-0.1, -0.05) is 30.2 Å². The molecule has 0 fully saturated rings. The van der Waals surface area contributed by atoms with Crippen molar-refractivity contribution in [2.75, 3.05) is 13.1 Å². The number of hydrogen-bond donors (Lipinski definition) is 0. The Morgan fingerprint density at radius 3 is 2.60 bits per heavy atom. The number of amides is 1. The predicted octanol–water partition coefficient (Wildman–Crippen LogP) is 1.68. The van der Waals surface area contributed by atoms with E-state index < -0.39 is 0 Å². The standard InChI is InChI=1S/C13H11NO/c1-2-11-7-3-4-8-12(11)13(15)14-9-5-6-10-14/h1,3-8H,9-10H2. The molecule has 1 aromatic carbocycles. The van der Waals surface area contributed by atoms with Crippen molar-refractivity contribution in [2.24, 2.45) is 0 Å². The third-order valence-electron chi connectivity index (χ3n) is 2.42. The summed E-state index contributed by atoms with van der Waals surface area (Å²) in [5.41, 5.74) is 1.28. The molecule has 0 atom stereocenters. The smallest absolute Gasteiger partial charge is 0.255 e. The maximum atomic E-state index is 12.0. The molecule has 0 N–H and O–H groups in total. The third kappa shape index (κ3) is 1.77. The quantitative estimate of drug-likeness (QED) is 0.495. The number of nitrogens with zero attached hydrogens (tertiary/aromatic N) is 1. The molecule has 0 aromatic heterocycles. The van der Waals surface area contributed by atoms with Crippen molar-refractivity contribution < 1.29 is 4.79 Å². The van der Waals surface area contributed by atoms with Crippen molar-refractivity contribution in [3.05, 3.63) is 47.5 Å². The summed E-state index contributed by atoms with van der Waals surface area (Å²) in [5, 5.41) is 0. The molecule has 2 rings (SSSR count). The van der Waals surface area contributed by atoms with Gasteiger partial charge in [0, 0.05) is 18.7 Å². The summed E-state index contributed by atoms with van der Waals surface area (Å²) in [5.74, 6) is 2.54. The fourth-order valence-corrected chi connectivity index (χ4v) is 1.61. The first-order valence-corrected chi connectivity index (χ1v) is 4.83. The molecular weight excluding hydrogens is 186 g/mol. The molecule has 15 heavy (non-hydrogen) atoms. The number of carbonyl (C=O) groups excluding carboxylic acids is 1. The average molecular weight is 197 g/mol. The number of carbonyl (C=O) groups is 1. The Morgan fingerprint density at radius 1 is 1.27 bits per heavy atom. The van der Waals surface area contributed by atoms with Crippen LogP contribution in [0.15, 0.2) is 36.4 Å². The molecule has 2 nitrogen and oxygen atoms in total. The summed E-state index contributed by atoms with van der Waals surface area (Å²) in [6.07, 6.45) is 9.32. The minimum Gasteiger partial charge on any atom is -0.331 e. The largest absolute Gasteiger partial charge is 0.331 e. The van der Waals surface area contributed by atoms with E-state index in [0.717, 1.165) is 0 Å². The van der Waals surface area contributed by atoms with Gasteiger partial charge in [-0.05, 0) is 12.1 Å². The topological polar surface area (TPSA) is 20.3 Å². The van der Waals surface area contributed by atoms with Gasteiger partial charge >= 0.3 is 0 Å². The lowest BCUT2D eigenvalue weighted by atomic mass is 10.1. The Balaban J connectivity index is 2.29. The molecule has 74 valence electrons. The highest BCUT2D eigenvalue weighted by Crippen LogP contribution is 2.12. The van der Waals surface area contributed by atoms with E-state index in [1.807, 2.05) is 24.3 Å². The SMILES string of the molecule is C#Cc1ccccc1C(=O)N1CC=CC1. The van der Waals surface area contributed by atoms with E-state index in [-0.39, 0.29) is 5.91 Å². The highest BCUT2D eigenvalue weighted by Gasteiger charge is 2.17. The molecule has 1 aliphatic rings. The summed E-state index contributed by atoms with van der Waals surface area (Å²) < 4.78 is 0. The fourth-order valence-electron chi connectivity index (χ4n) is 1.61. The second-order valence-corrected chi connectivity index (χ2v) is 3.37. The van der Waals surface area contributed by atoms with Crippen LogP contribution in [-0.2, 0) is 0 Å². The Hall–Kier alpha value is -2.01. The van der Waals surface area contributed by atoms with Crippen LogP contribution in [0, 0.1) is 12.3 Å². The molecule has 0 spiro atoms. The van der Waals surface area contributed by atoms with E-state index in [9.17, 15) is 4.79 Å².